The van der Waals surface area contributed by atoms with E-state index in [9.17, 15) is 0 Å². The van der Waals surface area contributed by atoms with E-state index in [4.69, 9.17) is 6.42 Å². The molecule has 1 aromatic rings. The average Bonchev–Trinajstić information content (AvgIpc) is 2.65. The molecule has 0 saturated carbocycles. The van der Waals surface area contributed by atoms with Crippen LogP contribution in [0.5, 0.6) is 0 Å². The number of anilines is 1. The van der Waals surface area contributed by atoms with E-state index in [1.165, 1.54) is 4.91 Å². The van der Waals surface area contributed by atoms with Crippen molar-refractivity contribution in [3.63, 3.8) is 0 Å². The zero-order chi connectivity index (χ0) is 9.97. The van der Waals surface area contributed by atoms with Gasteiger partial charge >= 0.3 is 0 Å². The fourth-order valence-electron chi connectivity index (χ4n) is 1.33. The summed E-state index contributed by atoms with van der Waals surface area (Å²) in [5, 5.41) is 0. The van der Waals surface area contributed by atoms with Crippen LogP contribution >= 0.6 is 11.8 Å². The van der Waals surface area contributed by atoms with Crippen molar-refractivity contribution >= 4 is 17.6 Å². The maximum Gasteiger partial charge on any atom is 0.149 e. The number of rotatable bonds is 1. The van der Waals surface area contributed by atoms with Gasteiger partial charge < -0.3 is 4.90 Å². The topological polar surface area (TPSA) is 16.1 Å². The van der Waals surface area contributed by atoms with Crippen LogP contribution in [-0.4, -0.2) is 10.9 Å². The third-order valence-corrected chi connectivity index (χ3v) is 2.95. The SMILES string of the molecule is C#Cc1cccnc1N1C=C(C)SC1. The minimum atomic E-state index is 0.846. The first-order valence-corrected chi connectivity index (χ1v) is 5.29. The van der Waals surface area contributed by atoms with Gasteiger partial charge in [0.2, 0.25) is 0 Å². The summed E-state index contributed by atoms with van der Waals surface area (Å²) in [5.74, 6) is 4.42. The Hall–Kier alpha value is -1.40. The zero-order valence-corrected chi connectivity index (χ0v) is 8.71. The first kappa shape index (κ1) is 9.17. The van der Waals surface area contributed by atoms with E-state index in [1.807, 2.05) is 12.1 Å². The predicted molar refractivity (Wildman–Crippen MR) is 60.9 cm³/mol. The number of terminal acetylenes is 1. The van der Waals surface area contributed by atoms with Gasteiger partial charge in [0.15, 0.2) is 0 Å². The van der Waals surface area contributed by atoms with Crippen molar-refractivity contribution in [2.24, 2.45) is 0 Å². The Balaban J connectivity index is 2.38. The van der Waals surface area contributed by atoms with Gasteiger partial charge in [0.05, 0.1) is 11.4 Å². The lowest BCUT2D eigenvalue weighted by Crippen LogP contribution is -2.13. The van der Waals surface area contributed by atoms with Gasteiger partial charge in [0.1, 0.15) is 5.82 Å². The number of allylic oxidation sites excluding steroid dienone is 1. The summed E-state index contributed by atoms with van der Waals surface area (Å²) in [4.78, 5) is 7.66. The Morgan fingerprint density at radius 3 is 3.14 bits per heavy atom. The van der Waals surface area contributed by atoms with Crippen LogP contribution in [0.1, 0.15) is 12.5 Å². The van der Waals surface area contributed by atoms with Gasteiger partial charge in [0.25, 0.3) is 0 Å². The Bertz CT molecular complexity index is 418. The molecule has 0 unspecified atom stereocenters. The Morgan fingerprint density at radius 2 is 2.50 bits per heavy atom. The lowest BCUT2D eigenvalue weighted by Gasteiger charge is -2.14. The molecule has 3 heteroatoms. The van der Waals surface area contributed by atoms with Gasteiger partial charge in [0, 0.05) is 12.4 Å². The van der Waals surface area contributed by atoms with Crippen LogP contribution in [0.4, 0.5) is 5.82 Å². The molecule has 2 nitrogen and oxygen atoms in total. The molecular weight excluding hydrogens is 192 g/mol. The second-order valence-electron chi connectivity index (χ2n) is 3.00. The number of hydrogen-bond acceptors (Lipinski definition) is 3. The lowest BCUT2D eigenvalue weighted by atomic mass is 10.2. The van der Waals surface area contributed by atoms with Gasteiger partial charge in [-0.05, 0) is 24.0 Å². The lowest BCUT2D eigenvalue weighted by molar-refractivity contribution is 1.10. The molecule has 70 valence electrons. The molecule has 0 saturated heterocycles. The summed E-state index contributed by atoms with van der Waals surface area (Å²) < 4.78 is 0. The van der Waals surface area contributed by atoms with Crippen LogP contribution in [0.3, 0.4) is 0 Å². The highest BCUT2D eigenvalue weighted by atomic mass is 32.2. The van der Waals surface area contributed by atoms with E-state index < -0.39 is 0 Å². The zero-order valence-electron chi connectivity index (χ0n) is 7.90. The van der Waals surface area contributed by atoms with Crippen molar-refractivity contribution in [1.82, 2.24) is 4.98 Å². The molecule has 0 amide bonds. The van der Waals surface area contributed by atoms with Gasteiger partial charge in [-0.25, -0.2) is 4.98 Å². The van der Waals surface area contributed by atoms with E-state index in [0.29, 0.717) is 0 Å². The third-order valence-electron chi connectivity index (χ3n) is 1.98. The number of thioether (sulfide) groups is 1. The number of nitrogens with zero attached hydrogens (tertiary/aromatic N) is 2. The van der Waals surface area contributed by atoms with Crippen molar-refractivity contribution in [3.05, 3.63) is 35.0 Å². The highest BCUT2D eigenvalue weighted by molar-refractivity contribution is 8.03. The molecule has 0 atom stereocenters. The van der Waals surface area contributed by atoms with Gasteiger partial charge in [-0.3, -0.25) is 0 Å². The Labute approximate surface area is 88.0 Å². The molecule has 1 aliphatic heterocycles. The summed E-state index contributed by atoms with van der Waals surface area (Å²) >= 11 is 1.80. The second-order valence-corrected chi connectivity index (χ2v) is 4.19. The summed E-state index contributed by atoms with van der Waals surface area (Å²) in [6, 6.07) is 3.77. The standard InChI is InChI=1S/C11H10N2S/c1-3-10-5-4-6-12-11(10)13-7-9(2)14-8-13/h1,4-7H,8H2,2H3. The van der Waals surface area contributed by atoms with Crippen LogP contribution < -0.4 is 4.90 Å². The molecule has 2 rings (SSSR count). The number of pyridine rings is 1. The number of hydrogen-bond donors (Lipinski definition) is 0. The minimum absolute atomic E-state index is 0.846. The summed E-state index contributed by atoms with van der Waals surface area (Å²) in [7, 11) is 0. The fourth-order valence-corrected chi connectivity index (χ4v) is 2.07. The van der Waals surface area contributed by atoms with Crippen LogP contribution in [0.2, 0.25) is 0 Å². The molecule has 14 heavy (non-hydrogen) atoms. The Morgan fingerprint density at radius 1 is 1.64 bits per heavy atom. The minimum Gasteiger partial charge on any atom is -0.321 e. The quantitative estimate of drug-likeness (QED) is 0.651. The largest absolute Gasteiger partial charge is 0.321 e. The van der Waals surface area contributed by atoms with E-state index in [0.717, 1.165) is 17.3 Å². The van der Waals surface area contributed by atoms with E-state index in [2.05, 4.69) is 28.9 Å². The van der Waals surface area contributed by atoms with Crippen LogP contribution in [-0.2, 0) is 0 Å². The molecule has 0 fully saturated rings. The smallest absolute Gasteiger partial charge is 0.149 e. The van der Waals surface area contributed by atoms with E-state index in [1.54, 1.807) is 18.0 Å². The first-order valence-electron chi connectivity index (χ1n) is 4.31. The fraction of sp³-hybridized carbons (Fsp3) is 0.182. The van der Waals surface area contributed by atoms with E-state index >= 15 is 0 Å². The molecule has 2 heterocycles. The van der Waals surface area contributed by atoms with Gasteiger partial charge in [-0.15, -0.1) is 18.2 Å². The maximum absolute atomic E-state index is 5.41. The van der Waals surface area contributed by atoms with Crippen molar-refractivity contribution < 1.29 is 0 Å². The van der Waals surface area contributed by atoms with Crippen LogP contribution in [0.15, 0.2) is 29.4 Å². The molecule has 0 aliphatic carbocycles. The normalized spacial score (nSPS) is 15.1. The predicted octanol–water partition coefficient (Wildman–Crippen LogP) is 2.43. The molecule has 1 aliphatic rings. The second kappa shape index (κ2) is 3.77. The van der Waals surface area contributed by atoms with Crippen molar-refractivity contribution in [2.45, 2.75) is 6.92 Å². The molecule has 0 N–H and O–H groups in total. The molecule has 0 bridgehead atoms. The molecular formula is C11H10N2S. The molecule has 0 aromatic carbocycles. The first-order chi connectivity index (χ1) is 6.81. The van der Waals surface area contributed by atoms with Crippen molar-refractivity contribution in [3.8, 4) is 12.3 Å². The highest BCUT2D eigenvalue weighted by Crippen LogP contribution is 2.29. The highest BCUT2D eigenvalue weighted by Gasteiger charge is 2.14. The van der Waals surface area contributed by atoms with Crippen molar-refractivity contribution in [2.75, 3.05) is 10.8 Å². The van der Waals surface area contributed by atoms with Crippen molar-refractivity contribution in [1.29, 1.82) is 0 Å². The van der Waals surface area contributed by atoms with E-state index in [-0.39, 0.29) is 0 Å². The molecule has 0 spiro atoms. The van der Waals surface area contributed by atoms with Gasteiger partial charge in [-0.1, -0.05) is 5.92 Å². The average molecular weight is 202 g/mol. The number of aromatic nitrogens is 1. The summed E-state index contributed by atoms with van der Waals surface area (Å²) in [6.07, 6.45) is 9.25. The van der Waals surface area contributed by atoms with Crippen LogP contribution in [0.25, 0.3) is 0 Å². The van der Waals surface area contributed by atoms with Crippen LogP contribution in [0, 0.1) is 12.3 Å². The Kier molecular flexibility index (Phi) is 2.47. The summed E-state index contributed by atoms with van der Waals surface area (Å²) in [5.41, 5.74) is 0.846. The third kappa shape index (κ3) is 1.61. The maximum atomic E-state index is 5.41. The molecule has 1 aromatic heterocycles. The van der Waals surface area contributed by atoms with Gasteiger partial charge in [-0.2, -0.15) is 0 Å². The molecule has 0 radical (unpaired) electrons. The monoisotopic (exact) mass is 202 g/mol. The summed E-state index contributed by atoms with van der Waals surface area (Å²) in [6.45, 7) is 2.09.